The molecule has 0 bridgehead atoms. The Morgan fingerprint density at radius 2 is 1.69 bits per heavy atom. The largest absolute Gasteiger partial charge is 0.384 e. The number of hydrogen-bond acceptors (Lipinski definition) is 6. The Balaban J connectivity index is 1.70. The van der Waals surface area contributed by atoms with Crippen LogP contribution in [0, 0.1) is 29.6 Å². The van der Waals surface area contributed by atoms with Crippen LogP contribution in [-0.2, 0) is 13.0 Å². The van der Waals surface area contributed by atoms with Gasteiger partial charge in [0.1, 0.15) is 29.3 Å². The number of anilines is 1. The maximum absolute atomic E-state index is 9.47. The number of para-hydroxylation sites is 2. The van der Waals surface area contributed by atoms with Gasteiger partial charge in [0, 0.05) is 6.54 Å². The molecule has 0 fully saturated rings. The molecular weight excluding hydrogens is 400 g/mol. The number of imidazole rings is 1. The van der Waals surface area contributed by atoms with E-state index in [0.29, 0.717) is 34.9 Å². The molecule has 0 amide bonds. The van der Waals surface area contributed by atoms with Crippen LogP contribution in [0.15, 0.2) is 48.5 Å². The molecule has 0 saturated heterocycles. The van der Waals surface area contributed by atoms with Crippen molar-refractivity contribution >= 4 is 28.0 Å². The molecule has 0 unspecified atom stereocenters. The fraction of sp³-hybridized carbons (Fsp3) is 0.125. The predicted octanol–water partition coefficient (Wildman–Crippen LogP) is 3.85. The number of nitriles is 2. The van der Waals surface area contributed by atoms with Gasteiger partial charge in [-0.1, -0.05) is 42.0 Å². The lowest BCUT2D eigenvalue weighted by Crippen LogP contribution is -2.07. The van der Waals surface area contributed by atoms with Crippen molar-refractivity contribution in [3.05, 3.63) is 71.0 Å². The number of rotatable bonds is 4. The second-order valence-corrected chi connectivity index (χ2v) is 7.57. The van der Waals surface area contributed by atoms with E-state index in [1.807, 2.05) is 47.9 Å². The average molecular weight is 418 g/mol. The molecule has 0 aliphatic heterocycles. The number of H-pyrrole nitrogens is 1. The molecule has 0 radical (unpaired) electrons. The fourth-order valence-corrected chi connectivity index (χ4v) is 3.84. The number of aryl methyl sites for hydroxylation is 3. The van der Waals surface area contributed by atoms with E-state index in [0.717, 1.165) is 23.0 Å². The minimum absolute atomic E-state index is 0.0229. The van der Waals surface area contributed by atoms with E-state index >= 15 is 0 Å². The molecule has 8 nitrogen and oxygen atoms in total. The lowest BCUT2D eigenvalue weighted by molar-refractivity contribution is 0.724. The third-order valence-corrected chi connectivity index (χ3v) is 5.50. The summed E-state index contributed by atoms with van der Waals surface area (Å²) in [7, 11) is 0. The van der Waals surface area contributed by atoms with Gasteiger partial charge in [-0.05, 0) is 31.0 Å². The number of nitrogens with one attached hydrogen (secondary N) is 1. The summed E-state index contributed by atoms with van der Waals surface area (Å²) in [4.78, 5) is 16.9. The first-order valence-electron chi connectivity index (χ1n) is 10.1. The Kier molecular flexibility index (Phi) is 4.54. The Morgan fingerprint density at radius 1 is 0.969 bits per heavy atom. The lowest BCUT2D eigenvalue weighted by atomic mass is 10.1. The molecule has 3 heterocycles. The number of hydrogen-bond donors (Lipinski definition) is 2. The Hall–Kier alpha value is -4.69. The van der Waals surface area contributed by atoms with Gasteiger partial charge in [0.2, 0.25) is 0 Å². The van der Waals surface area contributed by atoms with Crippen LogP contribution in [0.1, 0.15) is 22.5 Å². The predicted molar refractivity (Wildman–Crippen MR) is 121 cm³/mol. The van der Waals surface area contributed by atoms with E-state index < -0.39 is 0 Å². The van der Waals surface area contributed by atoms with Gasteiger partial charge in [-0.2, -0.15) is 10.5 Å². The van der Waals surface area contributed by atoms with Crippen LogP contribution in [0.5, 0.6) is 0 Å². The van der Waals surface area contributed by atoms with E-state index in [1.54, 1.807) is 0 Å². The SMILES string of the molecule is Cc1ccc(CCn2c(N)c(-c3nc4ccccc4[nH]3)c3nc(C#N)c(C#N)nc32)cc1. The fourth-order valence-electron chi connectivity index (χ4n) is 3.84. The Labute approximate surface area is 183 Å². The van der Waals surface area contributed by atoms with Crippen molar-refractivity contribution in [2.75, 3.05) is 5.73 Å². The number of aromatic nitrogens is 5. The monoisotopic (exact) mass is 418 g/mol. The molecule has 154 valence electrons. The molecule has 3 N–H and O–H groups in total. The van der Waals surface area contributed by atoms with E-state index in [1.165, 1.54) is 5.56 Å². The van der Waals surface area contributed by atoms with Gasteiger partial charge < -0.3 is 15.3 Å². The number of aromatic amines is 1. The third kappa shape index (κ3) is 3.11. The second kappa shape index (κ2) is 7.53. The van der Waals surface area contributed by atoms with Crippen LogP contribution < -0.4 is 5.73 Å². The van der Waals surface area contributed by atoms with Crippen LogP contribution in [0.3, 0.4) is 0 Å². The molecule has 8 heteroatoms. The van der Waals surface area contributed by atoms with Gasteiger partial charge >= 0.3 is 0 Å². The summed E-state index contributed by atoms with van der Waals surface area (Å²) in [6.45, 7) is 2.59. The van der Waals surface area contributed by atoms with Gasteiger partial charge in [-0.15, -0.1) is 0 Å². The number of fused-ring (bicyclic) bond motifs is 2. The first kappa shape index (κ1) is 19.3. The smallest absolute Gasteiger partial charge is 0.179 e. The van der Waals surface area contributed by atoms with Crippen LogP contribution in [0.25, 0.3) is 33.6 Å². The summed E-state index contributed by atoms with van der Waals surface area (Å²) in [5, 5.41) is 18.9. The van der Waals surface area contributed by atoms with Crippen molar-refractivity contribution in [1.82, 2.24) is 24.5 Å². The van der Waals surface area contributed by atoms with Gasteiger partial charge in [-0.25, -0.2) is 15.0 Å². The molecule has 0 spiro atoms. The van der Waals surface area contributed by atoms with Crippen molar-refractivity contribution in [2.24, 2.45) is 0 Å². The first-order chi connectivity index (χ1) is 15.6. The standard InChI is InChI=1S/C24H18N8/c1-14-6-8-15(9-7-14)10-11-32-22(27)20(23-29-16-4-2-3-5-17(16)30-23)21-24(32)31-19(13-26)18(12-25)28-21/h2-9H,10-11,27H2,1H3,(H,29,30). The van der Waals surface area contributed by atoms with Gasteiger partial charge in [0.25, 0.3) is 0 Å². The van der Waals surface area contributed by atoms with Crippen molar-refractivity contribution in [1.29, 1.82) is 10.5 Å². The molecule has 0 aliphatic rings. The summed E-state index contributed by atoms with van der Waals surface area (Å²) in [5.74, 6) is 0.982. The summed E-state index contributed by atoms with van der Waals surface area (Å²) < 4.78 is 1.84. The van der Waals surface area contributed by atoms with Gasteiger partial charge in [-0.3, -0.25) is 0 Å². The minimum Gasteiger partial charge on any atom is -0.384 e. The number of nitrogens with zero attached hydrogens (tertiary/aromatic N) is 6. The van der Waals surface area contributed by atoms with E-state index in [2.05, 4.69) is 44.2 Å². The van der Waals surface area contributed by atoms with Crippen molar-refractivity contribution < 1.29 is 0 Å². The number of nitrogen functional groups attached to an aromatic ring is 1. The zero-order chi connectivity index (χ0) is 22.2. The van der Waals surface area contributed by atoms with Crippen LogP contribution >= 0.6 is 0 Å². The maximum Gasteiger partial charge on any atom is 0.179 e. The maximum atomic E-state index is 9.47. The molecule has 3 aromatic heterocycles. The van der Waals surface area contributed by atoms with Crippen molar-refractivity contribution in [2.45, 2.75) is 19.9 Å². The quantitative estimate of drug-likeness (QED) is 0.455. The zero-order valence-electron chi connectivity index (χ0n) is 17.3. The summed E-state index contributed by atoms with van der Waals surface area (Å²) in [6.07, 6.45) is 0.720. The summed E-state index contributed by atoms with van der Waals surface area (Å²) in [6, 6.07) is 19.9. The molecule has 0 saturated carbocycles. The second-order valence-electron chi connectivity index (χ2n) is 7.57. The first-order valence-corrected chi connectivity index (χ1v) is 10.1. The number of benzene rings is 2. The molecule has 5 aromatic rings. The zero-order valence-corrected chi connectivity index (χ0v) is 17.3. The summed E-state index contributed by atoms with van der Waals surface area (Å²) >= 11 is 0. The highest BCUT2D eigenvalue weighted by atomic mass is 15.1. The Bertz CT molecular complexity index is 1530. The molecule has 2 aromatic carbocycles. The van der Waals surface area contributed by atoms with Crippen LogP contribution in [0.2, 0.25) is 0 Å². The highest BCUT2D eigenvalue weighted by Crippen LogP contribution is 2.35. The molecule has 32 heavy (non-hydrogen) atoms. The van der Waals surface area contributed by atoms with Crippen LogP contribution in [0.4, 0.5) is 5.82 Å². The van der Waals surface area contributed by atoms with E-state index in [4.69, 9.17) is 5.73 Å². The van der Waals surface area contributed by atoms with Crippen molar-refractivity contribution in [3.63, 3.8) is 0 Å². The number of nitrogens with two attached hydrogens (primary N) is 1. The molecular formula is C24H18N8. The van der Waals surface area contributed by atoms with E-state index in [9.17, 15) is 10.5 Å². The lowest BCUT2D eigenvalue weighted by Gasteiger charge is -2.08. The average Bonchev–Trinajstić information content (AvgIpc) is 3.35. The third-order valence-electron chi connectivity index (χ3n) is 5.50. The topological polar surface area (TPSA) is 133 Å². The van der Waals surface area contributed by atoms with Crippen LogP contribution in [-0.4, -0.2) is 24.5 Å². The van der Waals surface area contributed by atoms with E-state index in [-0.39, 0.29) is 11.4 Å². The van der Waals surface area contributed by atoms with Crippen molar-refractivity contribution in [3.8, 4) is 23.5 Å². The highest BCUT2D eigenvalue weighted by molar-refractivity contribution is 5.98. The van der Waals surface area contributed by atoms with Gasteiger partial charge in [0.05, 0.1) is 16.6 Å². The van der Waals surface area contributed by atoms with Gasteiger partial charge in [0.15, 0.2) is 17.0 Å². The normalized spacial score (nSPS) is 11.0. The summed E-state index contributed by atoms with van der Waals surface area (Å²) in [5.41, 5.74) is 12.0. The molecule has 0 atom stereocenters. The highest BCUT2D eigenvalue weighted by Gasteiger charge is 2.24. The molecule has 5 rings (SSSR count). The minimum atomic E-state index is -0.0342. The Morgan fingerprint density at radius 3 is 2.41 bits per heavy atom. The molecule has 0 aliphatic carbocycles.